The first-order valence-corrected chi connectivity index (χ1v) is 10.3. The molecule has 1 unspecified atom stereocenters. The average Bonchev–Trinajstić information content (AvgIpc) is 2.76. The first-order chi connectivity index (χ1) is 14.9. The van der Waals surface area contributed by atoms with E-state index in [9.17, 15) is 4.79 Å². The van der Waals surface area contributed by atoms with Crippen LogP contribution in [0.3, 0.4) is 0 Å². The molecule has 0 amide bonds. The Balaban J connectivity index is 1.71. The highest BCUT2D eigenvalue weighted by Crippen LogP contribution is 2.31. The second-order valence-electron chi connectivity index (χ2n) is 6.56. The highest BCUT2D eigenvalue weighted by molar-refractivity contribution is 6.35. The van der Waals surface area contributed by atoms with Crippen LogP contribution in [0.1, 0.15) is 19.4 Å². The van der Waals surface area contributed by atoms with Crippen LogP contribution in [-0.4, -0.2) is 23.3 Å². The van der Waals surface area contributed by atoms with E-state index in [2.05, 4.69) is 4.98 Å². The summed E-state index contributed by atoms with van der Waals surface area (Å²) < 4.78 is 22.5. The minimum atomic E-state index is -1.63. The fraction of sp³-hybridized carbons (Fsp3) is 0.217. The van der Waals surface area contributed by atoms with Gasteiger partial charge in [0.15, 0.2) is 0 Å². The molecule has 0 saturated carbocycles. The zero-order valence-electron chi connectivity index (χ0n) is 17.0. The Morgan fingerprint density at radius 3 is 2.35 bits per heavy atom. The largest absolute Gasteiger partial charge is 0.461 e. The topological polar surface area (TPSA) is 66.9 Å². The van der Waals surface area contributed by atoms with Crippen molar-refractivity contribution in [2.45, 2.75) is 26.2 Å². The summed E-state index contributed by atoms with van der Waals surface area (Å²) in [7, 11) is 0. The summed E-state index contributed by atoms with van der Waals surface area (Å²) in [4.78, 5) is 16.6. The van der Waals surface area contributed by atoms with Crippen LogP contribution in [0.15, 0.2) is 66.9 Å². The maximum absolute atomic E-state index is 12.5. The molecule has 162 valence electrons. The molecular weight excluding hydrogens is 441 g/mol. The Kier molecular flexibility index (Phi) is 7.74. The molecule has 1 heterocycles. The van der Waals surface area contributed by atoms with Crippen molar-refractivity contribution in [1.29, 1.82) is 0 Å². The lowest BCUT2D eigenvalue weighted by molar-refractivity contribution is -0.214. The normalized spacial score (nSPS) is 12.6. The molecule has 0 radical (unpaired) electrons. The standard InChI is InChI=1S/C23H21Cl2NO5/c1-3-28-22(27)23(2,29-15-16-7-5-4-6-8-16)31-19-11-9-18(10-12-19)30-21-20(25)13-17(24)14-26-21/h4-14H,3,15H2,1-2H3. The van der Waals surface area contributed by atoms with E-state index in [-0.39, 0.29) is 24.1 Å². The van der Waals surface area contributed by atoms with E-state index < -0.39 is 11.8 Å². The third-order valence-electron chi connectivity index (χ3n) is 4.13. The van der Waals surface area contributed by atoms with Gasteiger partial charge in [-0.1, -0.05) is 53.5 Å². The van der Waals surface area contributed by atoms with Crippen molar-refractivity contribution in [2.24, 2.45) is 0 Å². The average molecular weight is 462 g/mol. The van der Waals surface area contributed by atoms with Crippen molar-refractivity contribution in [2.75, 3.05) is 6.61 Å². The monoisotopic (exact) mass is 461 g/mol. The van der Waals surface area contributed by atoms with Crippen molar-refractivity contribution in [3.63, 3.8) is 0 Å². The van der Waals surface area contributed by atoms with Crippen molar-refractivity contribution < 1.29 is 23.7 Å². The summed E-state index contributed by atoms with van der Waals surface area (Å²) >= 11 is 11.9. The Morgan fingerprint density at radius 2 is 1.71 bits per heavy atom. The fourth-order valence-electron chi connectivity index (χ4n) is 2.58. The van der Waals surface area contributed by atoms with Crippen LogP contribution in [0, 0.1) is 0 Å². The predicted molar refractivity (Wildman–Crippen MR) is 118 cm³/mol. The van der Waals surface area contributed by atoms with E-state index >= 15 is 0 Å². The minimum Gasteiger partial charge on any atom is -0.461 e. The van der Waals surface area contributed by atoms with Crippen LogP contribution in [0.5, 0.6) is 17.4 Å². The molecule has 2 aromatic carbocycles. The lowest BCUT2D eigenvalue weighted by atomic mass is 10.2. The number of esters is 1. The second kappa shape index (κ2) is 10.5. The predicted octanol–water partition coefficient (Wildman–Crippen LogP) is 6.06. The first kappa shape index (κ1) is 22.9. The van der Waals surface area contributed by atoms with E-state index in [1.54, 1.807) is 31.2 Å². The summed E-state index contributed by atoms with van der Waals surface area (Å²) in [6.45, 7) is 3.62. The number of nitrogens with zero attached hydrogens (tertiary/aromatic N) is 1. The Bertz CT molecular complexity index is 1010. The number of aromatic nitrogens is 1. The molecule has 8 heteroatoms. The number of rotatable bonds is 9. The van der Waals surface area contributed by atoms with Crippen LogP contribution in [0.25, 0.3) is 0 Å². The van der Waals surface area contributed by atoms with Crippen molar-refractivity contribution in [3.05, 3.63) is 82.5 Å². The summed E-state index contributed by atoms with van der Waals surface area (Å²) in [6, 6.07) is 17.6. The van der Waals surface area contributed by atoms with Crippen molar-refractivity contribution in [1.82, 2.24) is 4.98 Å². The van der Waals surface area contributed by atoms with E-state index in [0.29, 0.717) is 16.5 Å². The molecule has 3 aromatic rings. The number of carbonyl (C=O) groups is 1. The second-order valence-corrected chi connectivity index (χ2v) is 7.40. The highest BCUT2D eigenvalue weighted by atomic mass is 35.5. The number of hydrogen-bond donors (Lipinski definition) is 0. The van der Waals surface area contributed by atoms with Gasteiger partial charge in [0, 0.05) is 13.1 Å². The van der Waals surface area contributed by atoms with Gasteiger partial charge in [-0.15, -0.1) is 0 Å². The molecule has 0 aliphatic carbocycles. The van der Waals surface area contributed by atoms with E-state index in [1.165, 1.54) is 19.2 Å². The molecule has 0 saturated heterocycles. The van der Waals surface area contributed by atoms with Gasteiger partial charge in [-0.25, -0.2) is 9.78 Å². The zero-order chi connectivity index (χ0) is 22.3. The van der Waals surface area contributed by atoms with Crippen LogP contribution in [0.2, 0.25) is 10.0 Å². The number of hydrogen-bond acceptors (Lipinski definition) is 6. The minimum absolute atomic E-state index is 0.179. The lowest BCUT2D eigenvalue weighted by Crippen LogP contribution is -2.45. The molecule has 0 bridgehead atoms. The van der Waals surface area contributed by atoms with Crippen LogP contribution >= 0.6 is 23.2 Å². The van der Waals surface area contributed by atoms with Gasteiger partial charge in [0.05, 0.1) is 18.2 Å². The van der Waals surface area contributed by atoms with Crippen LogP contribution in [-0.2, 0) is 20.9 Å². The fourth-order valence-corrected chi connectivity index (χ4v) is 3.00. The zero-order valence-corrected chi connectivity index (χ0v) is 18.5. The molecule has 0 aliphatic rings. The molecule has 1 aromatic heterocycles. The number of carbonyl (C=O) groups excluding carboxylic acids is 1. The van der Waals surface area contributed by atoms with Gasteiger partial charge in [0.1, 0.15) is 16.5 Å². The Labute approximate surface area is 190 Å². The summed E-state index contributed by atoms with van der Waals surface area (Å²) in [6.07, 6.45) is 1.44. The molecule has 0 aliphatic heterocycles. The Hall–Kier alpha value is -2.80. The maximum Gasteiger partial charge on any atom is 0.379 e. The van der Waals surface area contributed by atoms with Gasteiger partial charge in [-0.2, -0.15) is 0 Å². The third-order valence-corrected chi connectivity index (χ3v) is 4.61. The SMILES string of the molecule is CCOC(=O)C(C)(OCc1ccccc1)Oc1ccc(Oc2ncc(Cl)cc2Cl)cc1. The highest BCUT2D eigenvalue weighted by Gasteiger charge is 2.39. The molecular formula is C23H21Cl2NO5. The number of halogens is 2. The lowest BCUT2D eigenvalue weighted by Gasteiger charge is -2.28. The summed E-state index contributed by atoms with van der Waals surface area (Å²) in [5.41, 5.74) is 0.901. The molecule has 3 rings (SSSR count). The molecule has 0 spiro atoms. The quantitative estimate of drug-likeness (QED) is 0.285. The van der Waals surface area contributed by atoms with E-state index in [0.717, 1.165) is 5.56 Å². The Morgan fingerprint density at radius 1 is 1.03 bits per heavy atom. The van der Waals surface area contributed by atoms with Gasteiger partial charge < -0.3 is 18.9 Å². The van der Waals surface area contributed by atoms with Crippen LogP contribution in [0.4, 0.5) is 0 Å². The number of benzene rings is 2. The molecule has 6 nitrogen and oxygen atoms in total. The van der Waals surface area contributed by atoms with Crippen molar-refractivity contribution >= 4 is 29.2 Å². The molecule has 0 fully saturated rings. The van der Waals surface area contributed by atoms with E-state index in [1.807, 2.05) is 30.3 Å². The molecule has 1 atom stereocenters. The molecule has 31 heavy (non-hydrogen) atoms. The van der Waals surface area contributed by atoms with Crippen molar-refractivity contribution in [3.8, 4) is 17.4 Å². The summed E-state index contributed by atoms with van der Waals surface area (Å²) in [5, 5.41) is 0.701. The number of pyridine rings is 1. The third kappa shape index (κ3) is 6.34. The summed E-state index contributed by atoms with van der Waals surface area (Å²) in [5.74, 6) is -1.15. The maximum atomic E-state index is 12.5. The van der Waals surface area contributed by atoms with Gasteiger partial charge in [0.2, 0.25) is 5.88 Å². The molecule has 0 N–H and O–H groups in total. The van der Waals surface area contributed by atoms with Gasteiger partial charge in [-0.05, 0) is 42.8 Å². The first-order valence-electron chi connectivity index (χ1n) is 9.52. The van der Waals surface area contributed by atoms with Gasteiger partial charge in [0.25, 0.3) is 0 Å². The van der Waals surface area contributed by atoms with E-state index in [4.69, 9.17) is 42.1 Å². The van der Waals surface area contributed by atoms with Gasteiger partial charge in [-0.3, -0.25) is 0 Å². The smallest absolute Gasteiger partial charge is 0.379 e. The van der Waals surface area contributed by atoms with Gasteiger partial charge >= 0.3 is 11.8 Å². The van der Waals surface area contributed by atoms with Crippen LogP contribution < -0.4 is 9.47 Å². The number of ether oxygens (including phenoxy) is 4.